The van der Waals surface area contributed by atoms with Gasteiger partial charge in [0, 0.05) is 0 Å². The van der Waals surface area contributed by atoms with E-state index in [0.29, 0.717) is 0 Å². The van der Waals surface area contributed by atoms with Gasteiger partial charge in [-0.3, -0.25) is 9.35 Å². The molecule has 0 radical (unpaired) electrons. The molecule has 0 heterocycles. The molecule has 0 saturated heterocycles. The van der Waals surface area contributed by atoms with Gasteiger partial charge in [0.1, 0.15) is 0 Å². The van der Waals surface area contributed by atoms with E-state index in [1.807, 2.05) is 41.5 Å². The van der Waals surface area contributed by atoms with Crippen LogP contribution in [0.5, 0.6) is 0 Å². The summed E-state index contributed by atoms with van der Waals surface area (Å²) < 4.78 is 35.7. The molecule has 18 heavy (non-hydrogen) atoms. The van der Waals surface area contributed by atoms with Crippen molar-refractivity contribution in [2.24, 2.45) is 0 Å². The SMILES string of the molecule is CC(C)[Si](OC(=O)CS(=O)(=O)O)(C(C)C)C(C)C. The standard InChI is InChI=1S/C11H24O5SSi/c1-8(2)18(9(3)4,10(5)6)16-11(12)7-17(13,14)15/h8-10H,7H2,1-6H3,(H,13,14,15). The molecule has 0 aromatic rings. The van der Waals surface area contributed by atoms with Gasteiger partial charge < -0.3 is 4.43 Å². The van der Waals surface area contributed by atoms with Gasteiger partial charge in [-0.25, -0.2) is 0 Å². The van der Waals surface area contributed by atoms with E-state index >= 15 is 0 Å². The Hall–Kier alpha value is -0.403. The third kappa shape index (κ3) is 4.36. The summed E-state index contributed by atoms with van der Waals surface area (Å²) in [4.78, 5) is 11.7. The average Bonchev–Trinajstić information content (AvgIpc) is 2.09. The molecule has 0 amide bonds. The molecular weight excluding hydrogens is 272 g/mol. The molecule has 0 spiro atoms. The molecule has 0 fully saturated rings. The number of hydrogen-bond acceptors (Lipinski definition) is 4. The zero-order chi connectivity index (χ0) is 14.7. The summed E-state index contributed by atoms with van der Waals surface area (Å²) >= 11 is 0. The van der Waals surface area contributed by atoms with Gasteiger partial charge in [-0.15, -0.1) is 0 Å². The van der Waals surface area contributed by atoms with Crippen molar-refractivity contribution in [3.8, 4) is 0 Å². The first kappa shape index (κ1) is 17.6. The Kier molecular flexibility index (Phi) is 6.02. The highest BCUT2D eigenvalue weighted by molar-refractivity contribution is 7.86. The molecule has 5 nitrogen and oxygen atoms in total. The first-order chi connectivity index (χ1) is 7.93. The summed E-state index contributed by atoms with van der Waals surface area (Å²) in [6.45, 7) is 12.0. The largest absolute Gasteiger partial charge is 0.517 e. The van der Waals surface area contributed by atoms with E-state index in [1.165, 1.54) is 0 Å². The molecule has 0 aliphatic carbocycles. The maximum absolute atomic E-state index is 11.7. The number of carbonyl (C=O) groups excluding carboxylic acids is 1. The van der Waals surface area contributed by atoms with Crippen LogP contribution in [0.3, 0.4) is 0 Å². The highest BCUT2D eigenvalue weighted by Crippen LogP contribution is 2.42. The summed E-state index contributed by atoms with van der Waals surface area (Å²) in [6, 6.07) is 0. The van der Waals surface area contributed by atoms with Gasteiger partial charge in [0.05, 0.1) is 0 Å². The van der Waals surface area contributed by atoms with Gasteiger partial charge in [0.15, 0.2) is 5.75 Å². The lowest BCUT2D eigenvalue weighted by Gasteiger charge is -2.41. The lowest BCUT2D eigenvalue weighted by atomic mass is 10.5. The molecule has 1 N–H and O–H groups in total. The van der Waals surface area contributed by atoms with Gasteiger partial charge in [-0.1, -0.05) is 41.5 Å². The molecule has 0 aromatic carbocycles. The van der Waals surface area contributed by atoms with E-state index in [-0.39, 0.29) is 16.6 Å². The predicted molar refractivity (Wildman–Crippen MR) is 73.6 cm³/mol. The summed E-state index contributed by atoms with van der Waals surface area (Å²) in [6.07, 6.45) is 0. The smallest absolute Gasteiger partial charge is 0.310 e. The van der Waals surface area contributed by atoms with Gasteiger partial charge in [0.2, 0.25) is 0 Å². The van der Waals surface area contributed by atoms with Gasteiger partial charge in [-0.05, 0) is 16.6 Å². The number of carbonyl (C=O) groups is 1. The van der Waals surface area contributed by atoms with Crippen LogP contribution in [0.25, 0.3) is 0 Å². The summed E-state index contributed by atoms with van der Waals surface area (Å²) in [5.74, 6) is -1.81. The molecule has 0 saturated carbocycles. The Labute approximate surface area is 111 Å². The fraction of sp³-hybridized carbons (Fsp3) is 0.909. The number of rotatable bonds is 6. The van der Waals surface area contributed by atoms with Crippen molar-refractivity contribution in [3.63, 3.8) is 0 Å². The van der Waals surface area contributed by atoms with Crippen molar-refractivity contribution in [2.75, 3.05) is 5.75 Å². The first-order valence-electron chi connectivity index (χ1n) is 6.10. The highest BCUT2D eigenvalue weighted by Gasteiger charge is 2.48. The Morgan fingerprint density at radius 1 is 1.06 bits per heavy atom. The minimum absolute atomic E-state index is 0.183. The highest BCUT2D eigenvalue weighted by atomic mass is 32.2. The summed E-state index contributed by atoms with van der Waals surface area (Å²) in [5, 5.41) is 0. The van der Waals surface area contributed by atoms with Gasteiger partial charge >= 0.3 is 5.97 Å². The minimum atomic E-state index is -4.33. The zero-order valence-electron chi connectivity index (χ0n) is 11.9. The van der Waals surface area contributed by atoms with E-state index in [2.05, 4.69) is 0 Å². The third-order valence-electron chi connectivity index (χ3n) is 3.30. The molecule has 0 unspecified atom stereocenters. The van der Waals surface area contributed by atoms with Crippen LogP contribution < -0.4 is 0 Å². The quantitative estimate of drug-likeness (QED) is 0.602. The lowest BCUT2D eigenvalue weighted by Crippen LogP contribution is -2.50. The lowest BCUT2D eigenvalue weighted by molar-refractivity contribution is -0.132. The second kappa shape index (κ2) is 6.16. The first-order valence-corrected chi connectivity index (χ1v) is 9.85. The monoisotopic (exact) mass is 296 g/mol. The van der Waals surface area contributed by atoms with Crippen LogP contribution in [0.15, 0.2) is 0 Å². The predicted octanol–water partition coefficient (Wildman–Crippen LogP) is 2.59. The van der Waals surface area contributed by atoms with Crippen LogP contribution in [0.1, 0.15) is 41.5 Å². The van der Waals surface area contributed by atoms with Crippen LogP contribution in [0, 0.1) is 0 Å². The van der Waals surface area contributed by atoms with Crippen LogP contribution >= 0.6 is 0 Å². The minimum Gasteiger partial charge on any atom is -0.517 e. The van der Waals surface area contributed by atoms with Gasteiger partial charge in [0.25, 0.3) is 18.4 Å². The zero-order valence-corrected chi connectivity index (χ0v) is 13.7. The molecule has 0 atom stereocenters. The van der Waals surface area contributed by atoms with E-state index in [9.17, 15) is 13.2 Å². The Bertz CT molecular complexity index is 364. The number of hydrogen-bond donors (Lipinski definition) is 1. The second-order valence-corrected chi connectivity index (χ2v) is 12.3. The topological polar surface area (TPSA) is 80.7 Å². The van der Waals surface area contributed by atoms with Crippen LogP contribution in [0.2, 0.25) is 16.6 Å². The Balaban J connectivity index is 5.20. The Morgan fingerprint density at radius 3 is 1.61 bits per heavy atom. The van der Waals surface area contributed by atoms with Crippen molar-refractivity contribution in [1.29, 1.82) is 0 Å². The fourth-order valence-electron chi connectivity index (χ4n) is 2.73. The molecular formula is C11H24O5SSi. The molecule has 0 aromatic heterocycles. The van der Waals surface area contributed by atoms with Crippen molar-refractivity contribution in [3.05, 3.63) is 0 Å². The van der Waals surface area contributed by atoms with Gasteiger partial charge in [-0.2, -0.15) is 8.42 Å². The molecule has 0 aliphatic rings. The average molecular weight is 296 g/mol. The van der Waals surface area contributed by atoms with Crippen molar-refractivity contribution in [1.82, 2.24) is 0 Å². The maximum atomic E-state index is 11.7. The molecule has 0 aliphatic heterocycles. The third-order valence-corrected chi connectivity index (χ3v) is 9.89. The van der Waals surface area contributed by atoms with E-state index < -0.39 is 30.2 Å². The summed E-state index contributed by atoms with van der Waals surface area (Å²) in [7, 11) is -6.74. The van der Waals surface area contributed by atoms with E-state index in [4.69, 9.17) is 8.98 Å². The van der Waals surface area contributed by atoms with Crippen LogP contribution in [-0.2, 0) is 19.3 Å². The molecule has 0 bridgehead atoms. The van der Waals surface area contributed by atoms with Crippen LogP contribution in [0.4, 0.5) is 0 Å². The Morgan fingerprint density at radius 2 is 1.39 bits per heavy atom. The second-order valence-electron chi connectivity index (χ2n) is 5.52. The van der Waals surface area contributed by atoms with Crippen molar-refractivity contribution >= 4 is 24.4 Å². The van der Waals surface area contributed by atoms with Crippen molar-refractivity contribution < 1.29 is 22.2 Å². The maximum Gasteiger partial charge on any atom is 0.310 e. The van der Waals surface area contributed by atoms with Crippen molar-refractivity contribution in [2.45, 2.75) is 58.2 Å². The normalized spacial score (nSPS) is 13.4. The molecule has 0 rings (SSSR count). The van der Waals surface area contributed by atoms with E-state index in [1.54, 1.807) is 0 Å². The summed E-state index contributed by atoms with van der Waals surface area (Å²) in [5.41, 5.74) is 0.550. The van der Waals surface area contributed by atoms with E-state index in [0.717, 1.165) is 0 Å². The van der Waals surface area contributed by atoms with Crippen LogP contribution in [-0.4, -0.2) is 33.0 Å². The molecule has 7 heteroatoms. The fourth-order valence-corrected chi connectivity index (χ4v) is 8.36. The molecule has 108 valence electrons.